The van der Waals surface area contributed by atoms with E-state index in [2.05, 4.69) is 5.32 Å². The van der Waals surface area contributed by atoms with Crippen molar-refractivity contribution in [2.45, 2.75) is 59.2 Å². The van der Waals surface area contributed by atoms with Crippen molar-refractivity contribution >= 4 is 39.1 Å². The molecule has 1 N–H and O–H groups in total. The van der Waals surface area contributed by atoms with E-state index in [0.717, 1.165) is 17.4 Å². The Morgan fingerprint density at radius 3 is 2.26 bits per heavy atom. The molecule has 0 aliphatic rings. The highest BCUT2D eigenvalue weighted by Gasteiger charge is 2.27. The van der Waals surface area contributed by atoms with Gasteiger partial charge in [0.15, 0.2) is 0 Å². The quantitative estimate of drug-likeness (QED) is 0.495. The van der Waals surface area contributed by atoms with Crippen LogP contribution in [0.1, 0.15) is 44.7 Å². The van der Waals surface area contributed by atoms with Crippen LogP contribution < -0.4 is 9.62 Å². The summed E-state index contributed by atoms with van der Waals surface area (Å²) in [5.74, 6) is -0.464. The summed E-state index contributed by atoms with van der Waals surface area (Å²) in [5, 5.41) is 3.44. The molecule has 9 heteroatoms. The molecule has 2 rings (SSSR count). The van der Waals surface area contributed by atoms with E-state index in [4.69, 9.17) is 11.6 Å². The molecule has 0 aromatic heterocycles. The van der Waals surface area contributed by atoms with Crippen LogP contribution in [0.4, 0.5) is 5.69 Å². The molecular weight excluding hydrogens is 474 g/mol. The van der Waals surface area contributed by atoms with Gasteiger partial charge in [0.2, 0.25) is 21.8 Å². The van der Waals surface area contributed by atoms with Crippen molar-refractivity contribution < 1.29 is 18.0 Å². The van der Waals surface area contributed by atoms with Gasteiger partial charge in [-0.3, -0.25) is 13.9 Å². The third-order valence-corrected chi connectivity index (χ3v) is 6.75. The molecule has 186 valence electrons. The summed E-state index contributed by atoms with van der Waals surface area (Å²) in [6.07, 6.45) is 1.57. The van der Waals surface area contributed by atoms with E-state index in [1.165, 1.54) is 9.21 Å². The fourth-order valence-electron chi connectivity index (χ4n) is 3.56. The molecule has 34 heavy (non-hydrogen) atoms. The van der Waals surface area contributed by atoms with Crippen LogP contribution in [0, 0.1) is 6.92 Å². The molecule has 0 aliphatic carbocycles. The van der Waals surface area contributed by atoms with Crippen LogP contribution in [-0.2, 0) is 26.2 Å². The van der Waals surface area contributed by atoms with E-state index >= 15 is 0 Å². The minimum atomic E-state index is -3.52. The summed E-state index contributed by atoms with van der Waals surface area (Å²) in [6, 6.07) is 13.6. The van der Waals surface area contributed by atoms with Gasteiger partial charge in [-0.1, -0.05) is 35.9 Å². The second-order valence-electron chi connectivity index (χ2n) is 8.77. The van der Waals surface area contributed by atoms with Crippen LogP contribution in [0.2, 0.25) is 5.02 Å². The number of halogens is 1. The predicted octanol–water partition coefficient (Wildman–Crippen LogP) is 4.14. The smallest absolute Gasteiger partial charge is 0.242 e. The number of rotatable bonds is 11. The summed E-state index contributed by atoms with van der Waals surface area (Å²) >= 11 is 5.98. The molecule has 0 spiro atoms. The summed E-state index contributed by atoms with van der Waals surface area (Å²) in [5.41, 5.74) is 2.36. The Balaban J connectivity index is 2.16. The molecule has 2 amide bonds. The first-order chi connectivity index (χ1) is 15.9. The fourth-order valence-corrected chi connectivity index (χ4v) is 4.64. The maximum Gasteiger partial charge on any atom is 0.242 e. The van der Waals surface area contributed by atoms with Gasteiger partial charge in [0.1, 0.15) is 6.04 Å². The normalized spacial score (nSPS) is 12.3. The number of anilines is 1. The predicted molar refractivity (Wildman–Crippen MR) is 137 cm³/mol. The zero-order valence-electron chi connectivity index (χ0n) is 20.4. The van der Waals surface area contributed by atoms with E-state index in [-0.39, 0.29) is 37.4 Å². The zero-order valence-corrected chi connectivity index (χ0v) is 22.0. The highest BCUT2D eigenvalue weighted by molar-refractivity contribution is 7.92. The number of hydrogen-bond acceptors (Lipinski definition) is 4. The highest BCUT2D eigenvalue weighted by atomic mass is 35.5. The maximum atomic E-state index is 13.2. The molecular formula is C25H34ClN3O4S. The number of carbonyl (C=O) groups excluding carboxylic acids is 2. The van der Waals surface area contributed by atoms with E-state index in [9.17, 15) is 18.0 Å². The number of aryl methyl sites for hydroxylation is 1. The van der Waals surface area contributed by atoms with Crippen LogP contribution in [0.15, 0.2) is 48.5 Å². The van der Waals surface area contributed by atoms with Crippen molar-refractivity contribution in [3.8, 4) is 0 Å². The Labute approximate surface area is 208 Å². The molecule has 0 saturated carbocycles. The van der Waals surface area contributed by atoms with Gasteiger partial charge in [0, 0.05) is 30.6 Å². The number of sulfonamides is 1. The van der Waals surface area contributed by atoms with Crippen molar-refractivity contribution in [1.29, 1.82) is 0 Å². The summed E-state index contributed by atoms with van der Waals surface area (Å²) < 4.78 is 26.1. The Kier molecular flexibility index (Phi) is 9.94. The van der Waals surface area contributed by atoms with Crippen molar-refractivity contribution in [1.82, 2.24) is 10.2 Å². The number of nitrogens with zero attached hydrogens (tertiary/aromatic N) is 2. The lowest BCUT2D eigenvalue weighted by atomic mass is 10.1. The van der Waals surface area contributed by atoms with Crippen molar-refractivity contribution in [2.75, 3.05) is 17.1 Å². The molecule has 1 atom stereocenters. The van der Waals surface area contributed by atoms with Gasteiger partial charge >= 0.3 is 0 Å². The molecule has 2 aromatic carbocycles. The van der Waals surface area contributed by atoms with E-state index in [1.54, 1.807) is 37.3 Å². The number of hydrogen-bond donors (Lipinski definition) is 1. The third-order valence-electron chi connectivity index (χ3n) is 5.31. The topological polar surface area (TPSA) is 86.8 Å². The Hall–Kier alpha value is -2.58. The van der Waals surface area contributed by atoms with Gasteiger partial charge < -0.3 is 10.2 Å². The average molecular weight is 508 g/mol. The Morgan fingerprint density at radius 1 is 1.06 bits per heavy atom. The molecule has 0 fully saturated rings. The molecule has 0 saturated heterocycles. The second-order valence-corrected chi connectivity index (χ2v) is 11.1. The van der Waals surface area contributed by atoms with Crippen molar-refractivity contribution in [2.24, 2.45) is 0 Å². The van der Waals surface area contributed by atoms with Crippen LogP contribution in [0.3, 0.4) is 0 Å². The summed E-state index contributed by atoms with van der Waals surface area (Å²) in [6.45, 7) is 7.72. The molecule has 0 aliphatic heterocycles. The van der Waals surface area contributed by atoms with Crippen LogP contribution in [0.5, 0.6) is 0 Å². The van der Waals surface area contributed by atoms with Gasteiger partial charge in [0.05, 0.1) is 11.9 Å². The third kappa shape index (κ3) is 8.33. The first kappa shape index (κ1) is 27.7. The van der Waals surface area contributed by atoms with Gasteiger partial charge in [-0.2, -0.15) is 0 Å². The lowest BCUT2D eigenvalue weighted by Gasteiger charge is -2.30. The van der Waals surface area contributed by atoms with Gasteiger partial charge in [-0.25, -0.2) is 8.42 Å². The molecule has 0 heterocycles. The molecule has 0 bridgehead atoms. The SMILES string of the molecule is Cc1cccc(N(CCCC(=O)N(Cc2ccc(Cl)cc2)C(C)C(=O)NC(C)C)S(C)(=O)=O)c1. The Morgan fingerprint density at radius 2 is 1.71 bits per heavy atom. The Bertz CT molecular complexity index is 1090. The summed E-state index contributed by atoms with van der Waals surface area (Å²) in [7, 11) is -3.52. The standard InChI is InChI=1S/C25H34ClN3O4S/c1-18(2)27-25(31)20(4)28(17-21-11-13-22(26)14-12-21)24(30)10-7-15-29(34(5,32)33)23-9-6-8-19(3)16-23/h6,8-9,11-14,16,18,20H,7,10,15,17H2,1-5H3,(H,27,31). The number of benzene rings is 2. The average Bonchev–Trinajstić information content (AvgIpc) is 2.74. The van der Waals surface area contributed by atoms with E-state index in [1.807, 2.05) is 39.0 Å². The zero-order chi connectivity index (χ0) is 25.5. The van der Waals surface area contributed by atoms with Gasteiger partial charge in [0.25, 0.3) is 0 Å². The summed E-state index contributed by atoms with van der Waals surface area (Å²) in [4.78, 5) is 27.4. The maximum absolute atomic E-state index is 13.2. The minimum absolute atomic E-state index is 0.0555. The van der Waals surface area contributed by atoms with Crippen LogP contribution in [-0.4, -0.2) is 50.0 Å². The largest absolute Gasteiger partial charge is 0.352 e. The first-order valence-corrected chi connectivity index (χ1v) is 13.5. The lowest BCUT2D eigenvalue weighted by Crippen LogP contribution is -2.49. The van der Waals surface area contributed by atoms with E-state index in [0.29, 0.717) is 17.1 Å². The van der Waals surface area contributed by atoms with Gasteiger partial charge in [-0.15, -0.1) is 0 Å². The minimum Gasteiger partial charge on any atom is -0.352 e. The molecule has 0 radical (unpaired) electrons. The monoisotopic (exact) mass is 507 g/mol. The number of nitrogens with one attached hydrogen (secondary N) is 1. The van der Waals surface area contributed by atoms with Crippen molar-refractivity contribution in [3.63, 3.8) is 0 Å². The fraction of sp³-hybridized carbons (Fsp3) is 0.440. The highest BCUT2D eigenvalue weighted by Crippen LogP contribution is 2.20. The van der Waals surface area contributed by atoms with Gasteiger partial charge in [-0.05, 0) is 69.5 Å². The lowest BCUT2D eigenvalue weighted by molar-refractivity contribution is -0.140. The van der Waals surface area contributed by atoms with Crippen LogP contribution in [0.25, 0.3) is 0 Å². The molecule has 7 nitrogen and oxygen atoms in total. The molecule has 2 aromatic rings. The van der Waals surface area contributed by atoms with E-state index < -0.39 is 16.1 Å². The van der Waals surface area contributed by atoms with Crippen molar-refractivity contribution in [3.05, 3.63) is 64.7 Å². The number of amides is 2. The first-order valence-electron chi connectivity index (χ1n) is 11.3. The van der Waals surface area contributed by atoms with Crippen LogP contribution >= 0.6 is 11.6 Å². The molecule has 1 unspecified atom stereocenters. The second kappa shape index (κ2) is 12.2. The number of carbonyl (C=O) groups is 2.